The highest BCUT2D eigenvalue weighted by atomic mass is 14.3. The molecule has 2 fully saturated rings. The Morgan fingerprint density at radius 1 is 0.737 bits per heavy atom. The van der Waals surface area contributed by atoms with Crippen LogP contribution in [0.5, 0.6) is 0 Å². The van der Waals surface area contributed by atoms with Crippen molar-refractivity contribution in [1.82, 2.24) is 0 Å². The highest BCUT2D eigenvalue weighted by molar-refractivity contribution is 5.24. The quantitative estimate of drug-likeness (QED) is 0.639. The van der Waals surface area contributed by atoms with Gasteiger partial charge in [-0.2, -0.15) is 0 Å². The Kier molecular flexibility index (Phi) is 4.25. The molecule has 103 valence electrons. The van der Waals surface area contributed by atoms with Crippen LogP contribution in [0.25, 0.3) is 0 Å². The van der Waals surface area contributed by atoms with E-state index >= 15 is 0 Å². The lowest BCUT2D eigenvalue weighted by atomic mass is 9.70. The first-order valence-corrected chi connectivity index (χ1v) is 8.21. The van der Waals surface area contributed by atoms with E-state index in [1.807, 2.05) is 0 Å². The van der Waals surface area contributed by atoms with E-state index in [2.05, 4.69) is 37.6 Å². The zero-order valence-electron chi connectivity index (χ0n) is 12.3. The topological polar surface area (TPSA) is 0 Å². The van der Waals surface area contributed by atoms with Gasteiger partial charge in [0.15, 0.2) is 0 Å². The van der Waals surface area contributed by atoms with Gasteiger partial charge >= 0.3 is 0 Å². The molecule has 0 heterocycles. The van der Waals surface area contributed by atoms with Crippen molar-refractivity contribution in [3.8, 4) is 0 Å². The van der Waals surface area contributed by atoms with Crippen LogP contribution in [0.3, 0.4) is 0 Å². The van der Waals surface area contributed by atoms with Crippen LogP contribution in [0.4, 0.5) is 0 Å². The Bertz CT molecular complexity index is 375. The molecule has 0 amide bonds. The van der Waals surface area contributed by atoms with Gasteiger partial charge in [-0.05, 0) is 88.0 Å². The van der Waals surface area contributed by atoms with Gasteiger partial charge in [-0.3, -0.25) is 0 Å². The van der Waals surface area contributed by atoms with Gasteiger partial charge in [-0.25, -0.2) is 0 Å². The van der Waals surface area contributed by atoms with Crippen LogP contribution in [-0.4, -0.2) is 0 Å². The van der Waals surface area contributed by atoms with Crippen LogP contribution in [0.15, 0.2) is 24.3 Å². The highest BCUT2D eigenvalue weighted by Crippen LogP contribution is 2.42. The number of hydrogen-bond donors (Lipinski definition) is 0. The molecule has 2 aliphatic carbocycles. The van der Waals surface area contributed by atoms with Crippen molar-refractivity contribution in [2.24, 2.45) is 11.8 Å². The summed E-state index contributed by atoms with van der Waals surface area (Å²) in [7, 11) is 0. The first-order chi connectivity index (χ1) is 9.33. The molecule has 0 spiro atoms. The monoisotopic (exact) mass is 255 g/mol. The van der Waals surface area contributed by atoms with E-state index in [-0.39, 0.29) is 0 Å². The summed E-state index contributed by atoms with van der Waals surface area (Å²) in [6, 6.07) is 9.27. The van der Waals surface area contributed by atoms with Gasteiger partial charge in [0.1, 0.15) is 0 Å². The third-order valence-corrected chi connectivity index (χ3v) is 5.47. The molecule has 0 aliphatic heterocycles. The molecule has 3 rings (SSSR count). The Morgan fingerprint density at radius 2 is 1.32 bits per heavy atom. The largest absolute Gasteiger partial charge is 0.0590 e. The van der Waals surface area contributed by atoms with Crippen LogP contribution in [0.2, 0.25) is 0 Å². The first-order valence-electron chi connectivity index (χ1n) is 8.21. The van der Waals surface area contributed by atoms with Gasteiger partial charge in [-0.15, -0.1) is 0 Å². The number of aryl methyl sites for hydroxylation is 1. The summed E-state index contributed by atoms with van der Waals surface area (Å²) in [5.74, 6) is 2.92. The Morgan fingerprint density at radius 3 is 1.95 bits per heavy atom. The van der Waals surface area contributed by atoms with E-state index < -0.39 is 0 Å². The maximum Gasteiger partial charge on any atom is -0.0162 e. The van der Waals surface area contributed by atoms with Crippen molar-refractivity contribution < 1.29 is 0 Å². The summed E-state index contributed by atoms with van der Waals surface area (Å²) in [5.41, 5.74) is 2.97. The lowest BCUT2D eigenvalue weighted by Crippen LogP contribution is -2.23. The molecule has 0 saturated heterocycles. The Balaban J connectivity index is 1.55. The average molecular weight is 255 g/mol. The standard InChI is InChI=1S/C19H27/c1-15-7-9-17(10-8-15)19-13-11-18(12-14-19)16-5-3-2-4-6-16/h2,7-10,16,18-19H,3-6,11-14H2,1H3. The number of benzene rings is 1. The summed E-state index contributed by atoms with van der Waals surface area (Å²) in [4.78, 5) is 0. The fourth-order valence-electron chi connectivity index (χ4n) is 4.19. The minimum atomic E-state index is 0.840. The zero-order valence-corrected chi connectivity index (χ0v) is 12.3. The van der Waals surface area contributed by atoms with E-state index in [1.54, 1.807) is 5.56 Å². The van der Waals surface area contributed by atoms with Gasteiger partial charge < -0.3 is 0 Å². The van der Waals surface area contributed by atoms with Crippen molar-refractivity contribution in [2.75, 3.05) is 0 Å². The van der Waals surface area contributed by atoms with Gasteiger partial charge in [0.05, 0.1) is 0 Å². The van der Waals surface area contributed by atoms with Crippen molar-refractivity contribution in [3.05, 3.63) is 41.8 Å². The highest BCUT2D eigenvalue weighted by Gasteiger charge is 2.28. The summed E-state index contributed by atoms with van der Waals surface area (Å²) in [6.07, 6.45) is 14.0. The number of hydrogen-bond acceptors (Lipinski definition) is 0. The molecule has 0 aromatic heterocycles. The predicted molar refractivity (Wildman–Crippen MR) is 82.1 cm³/mol. The first kappa shape index (κ1) is 13.2. The van der Waals surface area contributed by atoms with E-state index in [1.165, 1.54) is 56.9 Å². The molecule has 1 aromatic rings. The second-order valence-corrected chi connectivity index (χ2v) is 6.73. The molecule has 2 aliphatic rings. The van der Waals surface area contributed by atoms with Crippen molar-refractivity contribution in [2.45, 2.75) is 64.2 Å². The molecular weight excluding hydrogens is 228 g/mol. The van der Waals surface area contributed by atoms with Crippen LogP contribution in [0, 0.1) is 25.2 Å². The van der Waals surface area contributed by atoms with Crippen molar-refractivity contribution in [3.63, 3.8) is 0 Å². The molecule has 0 atom stereocenters. The van der Waals surface area contributed by atoms with Crippen LogP contribution in [0.1, 0.15) is 68.4 Å². The molecule has 2 saturated carbocycles. The lowest BCUT2D eigenvalue weighted by Gasteiger charge is -2.36. The minimum Gasteiger partial charge on any atom is -0.0590 e. The summed E-state index contributed by atoms with van der Waals surface area (Å²) >= 11 is 0. The average Bonchev–Trinajstić information content (AvgIpc) is 2.49. The maximum atomic E-state index is 2.49. The predicted octanol–water partition coefficient (Wildman–Crippen LogP) is 5.66. The molecule has 0 N–H and O–H groups in total. The molecule has 0 nitrogen and oxygen atoms in total. The van der Waals surface area contributed by atoms with Gasteiger partial charge in [0.2, 0.25) is 0 Å². The SMILES string of the molecule is Cc1ccc(C2CCC(C3CC[CH]CC3)CC2)cc1. The van der Waals surface area contributed by atoms with Gasteiger partial charge in [-0.1, -0.05) is 29.8 Å². The fraction of sp³-hybridized carbons (Fsp3) is 0.632. The molecule has 1 radical (unpaired) electrons. The van der Waals surface area contributed by atoms with Gasteiger partial charge in [0, 0.05) is 0 Å². The van der Waals surface area contributed by atoms with E-state index in [4.69, 9.17) is 0 Å². The normalized spacial score (nSPS) is 29.3. The lowest BCUT2D eigenvalue weighted by molar-refractivity contribution is 0.199. The third kappa shape index (κ3) is 3.22. The molecule has 19 heavy (non-hydrogen) atoms. The summed E-state index contributed by atoms with van der Waals surface area (Å²) < 4.78 is 0. The van der Waals surface area contributed by atoms with Gasteiger partial charge in [0.25, 0.3) is 0 Å². The third-order valence-electron chi connectivity index (χ3n) is 5.47. The fourth-order valence-corrected chi connectivity index (χ4v) is 4.19. The summed E-state index contributed by atoms with van der Waals surface area (Å²) in [6.45, 7) is 2.18. The second kappa shape index (κ2) is 6.11. The van der Waals surface area contributed by atoms with Crippen molar-refractivity contribution in [1.29, 1.82) is 0 Å². The Hall–Kier alpha value is -0.780. The van der Waals surface area contributed by atoms with E-state index in [0.29, 0.717) is 0 Å². The van der Waals surface area contributed by atoms with Crippen LogP contribution in [-0.2, 0) is 0 Å². The Labute approximate surface area is 118 Å². The smallest absolute Gasteiger partial charge is 0.0162 e. The summed E-state index contributed by atoms with van der Waals surface area (Å²) in [5, 5.41) is 0. The minimum absolute atomic E-state index is 0.840. The molecule has 1 aromatic carbocycles. The van der Waals surface area contributed by atoms with Crippen LogP contribution < -0.4 is 0 Å². The zero-order chi connectivity index (χ0) is 13.1. The molecule has 0 heteroatoms. The molecular formula is C19H27. The molecule has 0 bridgehead atoms. The van der Waals surface area contributed by atoms with E-state index in [0.717, 1.165) is 17.8 Å². The second-order valence-electron chi connectivity index (χ2n) is 6.73. The number of rotatable bonds is 2. The van der Waals surface area contributed by atoms with Crippen LogP contribution >= 0.6 is 0 Å². The maximum absolute atomic E-state index is 2.49. The molecule has 0 unspecified atom stereocenters. The van der Waals surface area contributed by atoms with Crippen molar-refractivity contribution >= 4 is 0 Å². The van der Waals surface area contributed by atoms with E-state index in [9.17, 15) is 0 Å².